The lowest BCUT2D eigenvalue weighted by molar-refractivity contribution is -0.164. The first kappa shape index (κ1) is 14.4. The number of aliphatic hydroxyl groups excluding tert-OH is 1. The minimum absolute atomic E-state index is 0.518. The molecule has 1 aromatic carbocycles. The highest BCUT2D eigenvalue weighted by Gasteiger charge is 2.25. The maximum atomic E-state index is 11.6. The number of rotatable bonds is 2. The molecule has 0 aliphatic heterocycles. The summed E-state index contributed by atoms with van der Waals surface area (Å²) in [6.07, 6.45) is -1.42. The predicted molar refractivity (Wildman–Crippen MR) is 67.1 cm³/mol. The molecule has 0 aromatic heterocycles. The van der Waals surface area contributed by atoms with Crippen molar-refractivity contribution in [3.8, 4) is 0 Å². The molecule has 0 fully saturated rings. The van der Waals surface area contributed by atoms with Crippen LogP contribution in [0.5, 0.6) is 0 Å². The summed E-state index contributed by atoms with van der Waals surface area (Å²) in [6.45, 7) is 8.69. The van der Waals surface area contributed by atoms with Gasteiger partial charge in [-0.05, 0) is 55.5 Å². The number of hydrogen-bond acceptors (Lipinski definition) is 4. The van der Waals surface area contributed by atoms with Crippen LogP contribution >= 0.6 is 0 Å². The van der Waals surface area contributed by atoms with Crippen molar-refractivity contribution >= 4 is 11.9 Å². The van der Waals surface area contributed by atoms with Crippen LogP contribution in [0.2, 0.25) is 0 Å². The molecule has 0 heterocycles. The Bertz CT molecular complexity index is 503. The molecule has 1 N–H and O–H groups in total. The second kappa shape index (κ2) is 5.31. The van der Waals surface area contributed by atoms with Gasteiger partial charge in [0.25, 0.3) is 0 Å². The first-order valence-corrected chi connectivity index (χ1v) is 5.73. The van der Waals surface area contributed by atoms with Crippen LogP contribution in [0.4, 0.5) is 0 Å². The molecule has 4 heteroatoms. The lowest BCUT2D eigenvalue weighted by atomic mass is 9.91. The van der Waals surface area contributed by atoms with Gasteiger partial charge in [-0.3, -0.25) is 4.79 Å². The van der Waals surface area contributed by atoms with Crippen molar-refractivity contribution in [3.63, 3.8) is 0 Å². The highest BCUT2D eigenvalue weighted by atomic mass is 16.6. The van der Waals surface area contributed by atoms with Gasteiger partial charge < -0.3 is 9.84 Å². The molecule has 0 amide bonds. The van der Waals surface area contributed by atoms with Crippen molar-refractivity contribution in [3.05, 3.63) is 33.9 Å². The molecule has 0 saturated carbocycles. The fraction of sp³-hybridized carbons (Fsp3) is 0.429. The second-order valence-corrected chi connectivity index (χ2v) is 4.49. The molecular weight excluding hydrogens is 232 g/mol. The number of ether oxygens (including phenoxy) is 1. The molecule has 0 aliphatic rings. The molecule has 0 aliphatic carbocycles. The quantitative estimate of drug-likeness (QED) is 0.644. The number of aliphatic hydroxyl groups is 1. The Morgan fingerprint density at radius 3 is 2.17 bits per heavy atom. The van der Waals surface area contributed by atoms with Crippen LogP contribution in [-0.4, -0.2) is 17.0 Å². The van der Waals surface area contributed by atoms with E-state index < -0.39 is 18.0 Å². The minimum atomic E-state index is -1.42. The molecular formula is C14H18O4. The average molecular weight is 250 g/mol. The molecule has 0 radical (unpaired) electrons. The summed E-state index contributed by atoms with van der Waals surface area (Å²) in [5.74, 6) is -1.66. The molecule has 1 aromatic rings. The van der Waals surface area contributed by atoms with Crippen LogP contribution in [-0.2, 0) is 14.3 Å². The fourth-order valence-electron chi connectivity index (χ4n) is 2.04. The molecule has 0 bridgehead atoms. The van der Waals surface area contributed by atoms with Crippen molar-refractivity contribution in [2.24, 2.45) is 0 Å². The van der Waals surface area contributed by atoms with Gasteiger partial charge in [0.15, 0.2) is 6.10 Å². The van der Waals surface area contributed by atoms with E-state index in [1.807, 2.05) is 33.8 Å². The summed E-state index contributed by atoms with van der Waals surface area (Å²) in [6, 6.07) is 1.90. The number of aryl methyl sites for hydroxylation is 2. The molecule has 0 saturated heterocycles. The van der Waals surface area contributed by atoms with Crippen molar-refractivity contribution in [2.75, 3.05) is 0 Å². The Kier molecular flexibility index (Phi) is 4.24. The standard InChI is InChI=1S/C14H18O4/c1-7-6-8(2)12(10(4)9(7)3)13(16)14(17)18-11(5)15/h6,13,16H,1-5H3/t13-/m1/s1. The zero-order chi connectivity index (χ0) is 14.0. The van der Waals surface area contributed by atoms with Gasteiger partial charge in [-0.25, -0.2) is 4.79 Å². The first-order valence-electron chi connectivity index (χ1n) is 5.73. The Morgan fingerprint density at radius 2 is 1.67 bits per heavy atom. The van der Waals surface area contributed by atoms with Gasteiger partial charge in [-0.1, -0.05) is 6.07 Å². The topological polar surface area (TPSA) is 63.6 Å². The minimum Gasteiger partial charge on any atom is -0.391 e. The van der Waals surface area contributed by atoms with E-state index in [0.717, 1.165) is 29.2 Å². The van der Waals surface area contributed by atoms with E-state index in [0.29, 0.717) is 5.56 Å². The van der Waals surface area contributed by atoms with E-state index in [-0.39, 0.29) is 0 Å². The molecule has 0 spiro atoms. The van der Waals surface area contributed by atoms with Crippen LogP contribution in [0.3, 0.4) is 0 Å². The van der Waals surface area contributed by atoms with Crippen LogP contribution in [0.1, 0.15) is 40.8 Å². The zero-order valence-electron chi connectivity index (χ0n) is 11.3. The predicted octanol–water partition coefficient (Wildman–Crippen LogP) is 2.04. The number of benzene rings is 1. The van der Waals surface area contributed by atoms with E-state index in [1.165, 1.54) is 0 Å². The molecule has 4 nitrogen and oxygen atoms in total. The Morgan fingerprint density at radius 1 is 1.11 bits per heavy atom. The summed E-state index contributed by atoms with van der Waals surface area (Å²) in [5.41, 5.74) is 4.29. The smallest absolute Gasteiger partial charge is 0.347 e. The normalized spacial score (nSPS) is 12.1. The number of carbonyl (C=O) groups is 2. The largest absolute Gasteiger partial charge is 0.391 e. The van der Waals surface area contributed by atoms with Crippen LogP contribution in [0.25, 0.3) is 0 Å². The lowest BCUT2D eigenvalue weighted by Gasteiger charge is -2.18. The van der Waals surface area contributed by atoms with Gasteiger partial charge in [0.05, 0.1) is 0 Å². The zero-order valence-corrected chi connectivity index (χ0v) is 11.3. The third kappa shape index (κ3) is 2.76. The van der Waals surface area contributed by atoms with Gasteiger partial charge in [-0.2, -0.15) is 0 Å². The van der Waals surface area contributed by atoms with E-state index >= 15 is 0 Å². The Balaban J connectivity index is 3.21. The summed E-state index contributed by atoms with van der Waals surface area (Å²) in [7, 11) is 0. The van der Waals surface area contributed by atoms with Crippen molar-refractivity contribution in [1.29, 1.82) is 0 Å². The van der Waals surface area contributed by atoms with E-state index in [9.17, 15) is 14.7 Å². The van der Waals surface area contributed by atoms with Crippen LogP contribution < -0.4 is 0 Å². The maximum Gasteiger partial charge on any atom is 0.347 e. The SMILES string of the molecule is CC(=O)OC(=O)[C@H](O)c1c(C)cc(C)c(C)c1C. The Labute approximate surface area is 107 Å². The molecule has 0 unspecified atom stereocenters. The van der Waals surface area contributed by atoms with Crippen molar-refractivity contribution < 1.29 is 19.4 Å². The van der Waals surface area contributed by atoms with E-state index in [2.05, 4.69) is 4.74 Å². The molecule has 18 heavy (non-hydrogen) atoms. The Hall–Kier alpha value is -1.68. The highest BCUT2D eigenvalue weighted by molar-refractivity contribution is 5.87. The average Bonchev–Trinajstić information content (AvgIpc) is 2.25. The summed E-state index contributed by atoms with van der Waals surface area (Å²) in [4.78, 5) is 22.3. The highest BCUT2D eigenvalue weighted by Crippen LogP contribution is 2.27. The van der Waals surface area contributed by atoms with Gasteiger partial charge >= 0.3 is 11.9 Å². The van der Waals surface area contributed by atoms with Gasteiger partial charge in [0.1, 0.15) is 0 Å². The van der Waals surface area contributed by atoms with Crippen LogP contribution in [0, 0.1) is 27.7 Å². The molecule has 98 valence electrons. The van der Waals surface area contributed by atoms with E-state index in [4.69, 9.17) is 0 Å². The first-order chi connectivity index (χ1) is 8.25. The van der Waals surface area contributed by atoms with Gasteiger partial charge in [0, 0.05) is 6.92 Å². The summed E-state index contributed by atoms with van der Waals surface area (Å²) < 4.78 is 4.42. The van der Waals surface area contributed by atoms with E-state index in [1.54, 1.807) is 0 Å². The van der Waals surface area contributed by atoms with Crippen LogP contribution in [0.15, 0.2) is 6.07 Å². The third-order valence-electron chi connectivity index (χ3n) is 3.16. The molecule has 1 atom stereocenters. The summed E-state index contributed by atoms with van der Waals surface area (Å²) in [5, 5.41) is 9.99. The van der Waals surface area contributed by atoms with Crippen molar-refractivity contribution in [2.45, 2.75) is 40.7 Å². The molecule has 1 rings (SSSR count). The second-order valence-electron chi connectivity index (χ2n) is 4.49. The summed E-state index contributed by atoms with van der Waals surface area (Å²) >= 11 is 0. The number of esters is 2. The van der Waals surface area contributed by atoms with Gasteiger partial charge in [-0.15, -0.1) is 0 Å². The number of hydrogen-bond donors (Lipinski definition) is 1. The number of carbonyl (C=O) groups excluding carboxylic acids is 2. The maximum absolute atomic E-state index is 11.6. The van der Waals surface area contributed by atoms with Gasteiger partial charge in [0.2, 0.25) is 0 Å². The fourth-order valence-corrected chi connectivity index (χ4v) is 2.04. The lowest BCUT2D eigenvalue weighted by Crippen LogP contribution is -2.20. The third-order valence-corrected chi connectivity index (χ3v) is 3.16. The monoisotopic (exact) mass is 250 g/mol. The van der Waals surface area contributed by atoms with Crippen molar-refractivity contribution in [1.82, 2.24) is 0 Å².